The number of aromatic nitrogens is 1. The second-order valence-electron chi connectivity index (χ2n) is 5.95. The van der Waals surface area contributed by atoms with Crippen LogP contribution in [0.5, 0.6) is 0 Å². The summed E-state index contributed by atoms with van der Waals surface area (Å²) in [6, 6.07) is 3.35. The van der Waals surface area contributed by atoms with Gasteiger partial charge in [0.1, 0.15) is 5.82 Å². The lowest BCUT2D eigenvalue weighted by Gasteiger charge is -2.47. The minimum Gasteiger partial charge on any atom is -0.478 e. The summed E-state index contributed by atoms with van der Waals surface area (Å²) in [7, 11) is 0. The zero-order chi connectivity index (χ0) is 14.2. The summed E-state index contributed by atoms with van der Waals surface area (Å²) in [6.07, 6.45) is 6.47. The molecule has 2 unspecified atom stereocenters. The molecule has 5 nitrogen and oxygen atoms in total. The Bertz CT molecular complexity index is 502. The second kappa shape index (κ2) is 5.05. The van der Waals surface area contributed by atoms with Crippen molar-refractivity contribution in [2.75, 3.05) is 18.0 Å². The Kier molecular flexibility index (Phi) is 3.38. The molecular weight excluding hydrogens is 256 g/mol. The van der Waals surface area contributed by atoms with Crippen LogP contribution < -0.4 is 4.90 Å². The molecule has 0 radical (unpaired) electrons. The van der Waals surface area contributed by atoms with Crippen molar-refractivity contribution in [3.05, 3.63) is 23.9 Å². The third-order valence-electron chi connectivity index (χ3n) is 4.75. The quantitative estimate of drug-likeness (QED) is 0.863. The Balaban J connectivity index is 1.74. The number of nitrogens with zero attached hydrogens (tertiary/aromatic N) is 2. The maximum Gasteiger partial charge on any atom is 0.337 e. The zero-order valence-corrected chi connectivity index (χ0v) is 11.5. The number of anilines is 1. The summed E-state index contributed by atoms with van der Waals surface area (Å²) in [4.78, 5) is 17.2. The van der Waals surface area contributed by atoms with Gasteiger partial charge >= 0.3 is 5.97 Å². The Morgan fingerprint density at radius 3 is 2.90 bits per heavy atom. The molecule has 1 aliphatic carbocycles. The number of carbonyl (C=O) groups is 1. The van der Waals surface area contributed by atoms with Crippen molar-refractivity contribution in [2.45, 2.75) is 37.7 Å². The SMILES string of the molecule is O=C(O)c1ccc(N2CCC3(O)CCCCC3C2)nc1. The van der Waals surface area contributed by atoms with E-state index < -0.39 is 11.6 Å². The molecule has 2 aliphatic rings. The molecule has 2 atom stereocenters. The minimum absolute atomic E-state index is 0.208. The van der Waals surface area contributed by atoms with E-state index >= 15 is 0 Å². The van der Waals surface area contributed by atoms with Gasteiger partial charge in [0.05, 0.1) is 11.2 Å². The van der Waals surface area contributed by atoms with Gasteiger partial charge in [-0.05, 0) is 31.4 Å². The predicted octanol–water partition coefficient (Wildman–Crippen LogP) is 1.91. The number of aromatic carboxylic acids is 1. The van der Waals surface area contributed by atoms with E-state index in [0.717, 1.165) is 44.6 Å². The molecule has 5 heteroatoms. The first-order valence-corrected chi connectivity index (χ1v) is 7.25. The fourth-order valence-electron chi connectivity index (χ4n) is 3.48. The molecule has 1 saturated carbocycles. The molecule has 1 aromatic heterocycles. The van der Waals surface area contributed by atoms with E-state index in [9.17, 15) is 9.90 Å². The number of piperidine rings is 1. The number of pyridine rings is 1. The largest absolute Gasteiger partial charge is 0.478 e. The summed E-state index contributed by atoms with van der Waals surface area (Å²) in [5.41, 5.74) is -0.282. The fourth-order valence-corrected chi connectivity index (χ4v) is 3.48. The van der Waals surface area contributed by atoms with Crippen LogP contribution in [0.3, 0.4) is 0 Å². The summed E-state index contributed by atoms with van der Waals surface area (Å²) >= 11 is 0. The summed E-state index contributed by atoms with van der Waals surface area (Å²) in [5.74, 6) is 0.165. The lowest BCUT2D eigenvalue weighted by Crippen LogP contribution is -2.53. The molecule has 0 aromatic carbocycles. The summed E-state index contributed by atoms with van der Waals surface area (Å²) in [5, 5.41) is 19.5. The normalized spacial score (nSPS) is 29.9. The second-order valence-corrected chi connectivity index (χ2v) is 5.95. The molecule has 20 heavy (non-hydrogen) atoms. The molecule has 1 saturated heterocycles. The number of rotatable bonds is 2. The molecule has 2 fully saturated rings. The topological polar surface area (TPSA) is 73.7 Å². The molecule has 2 N–H and O–H groups in total. The average molecular weight is 276 g/mol. The number of carboxylic acid groups (broad SMARTS) is 1. The molecule has 1 aliphatic heterocycles. The van der Waals surface area contributed by atoms with E-state index in [1.54, 1.807) is 12.1 Å². The van der Waals surface area contributed by atoms with Gasteiger partial charge in [-0.15, -0.1) is 0 Å². The highest BCUT2D eigenvalue weighted by Crippen LogP contribution is 2.40. The van der Waals surface area contributed by atoms with Gasteiger partial charge in [0, 0.05) is 25.2 Å². The number of carboxylic acids is 1. The van der Waals surface area contributed by atoms with Crippen LogP contribution in [0.25, 0.3) is 0 Å². The summed E-state index contributed by atoms with van der Waals surface area (Å²) in [6.45, 7) is 1.60. The van der Waals surface area contributed by atoms with Crippen LogP contribution in [0.2, 0.25) is 0 Å². The first-order valence-electron chi connectivity index (χ1n) is 7.25. The molecule has 0 amide bonds. The summed E-state index contributed by atoms with van der Waals surface area (Å²) < 4.78 is 0. The van der Waals surface area contributed by atoms with Crippen molar-refractivity contribution < 1.29 is 15.0 Å². The van der Waals surface area contributed by atoms with Gasteiger partial charge in [-0.2, -0.15) is 0 Å². The molecule has 0 bridgehead atoms. The Hall–Kier alpha value is -1.62. The molecular formula is C15H20N2O3. The van der Waals surface area contributed by atoms with Crippen molar-refractivity contribution in [3.8, 4) is 0 Å². The standard InChI is InChI=1S/C15H20N2O3/c18-14(19)11-4-5-13(16-9-11)17-8-7-15(20)6-2-1-3-12(15)10-17/h4-5,9,12,20H,1-3,6-8,10H2,(H,18,19). The molecule has 1 aromatic rings. The number of fused-ring (bicyclic) bond motifs is 1. The van der Waals surface area contributed by atoms with Gasteiger partial charge in [0.25, 0.3) is 0 Å². The smallest absolute Gasteiger partial charge is 0.337 e. The van der Waals surface area contributed by atoms with Crippen molar-refractivity contribution in [1.29, 1.82) is 0 Å². The average Bonchev–Trinajstić information content (AvgIpc) is 2.46. The van der Waals surface area contributed by atoms with Crippen LogP contribution in [-0.4, -0.2) is 39.9 Å². The Morgan fingerprint density at radius 1 is 1.35 bits per heavy atom. The molecule has 2 heterocycles. The lowest BCUT2D eigenvalue weighted by molar-refractivity contribution is -0.0613. The van der Waals surface area contributed by atoms with Crippen LogP contribution in [-0.2, 0) is 0 Å². The first kappa shape index (κ1) is 13.4. The highest BCUT2D eigenvalue weighted by molar-refractivity contribution is 5.87. The van der Waals surface area contributed by atoms with E-state index in [1.807, 2.05) is 0 Å². The van der Waals surface area contributed by atoms with Gasteiger partial charge in [-0.1, -0.05) is 12.8 Å². The van der Waals surface area contributed by atoms with Gasteiger partial charge in [0.2, 0.25) is 0 Å². The van der Waals surface area contributed by atoms with Crippen molar-refractivity contribution in [2.24, 2.45) is 5.92 Å². The monoisotopic (exact) mass is 276 g/mol. The van der Waals surface area contributed by atoms with E-state index in [0.29, 0.717) is 5.92 Å². The van der Waals surface area contributed by atoms with E-state index in [4.69, 9.17) is 5.11 Å². The molecule has 108 valence electrons. The maximum absolute atomic E-state index is 10.8. The van der Waals surface area contributed by atoms with E-state index in [-0.39, 0.29) is 5.56 Å². The van der Waals surface area contributed by atoms with Crippen LogP contribution in [0.1, 0.15) is 42.5 Å². The third-order valence-corrected chi connectivity index (χ3v) is 4.75. The fraction of sp³-hybridized carbons (Fsp3) is 0.600. The van der Waals surface area contributed by atoms with Gasteiger partial charge in [-0.25, -0.2) is 9.78 Å². The van der Waals surface area contributed by atoms with E-state index in [1.165, 1.54) is 12.6 Å². The highest BCUT2D eigenvalue weighted by atomic mass is 16.4. The number of hydrogen-bond donors (Lipinski definition) is 2. The van der Waals surface area contributed by atoms with Crippen molar-refractivity contribution in [3.63, 3.8) is 0 Å². The highest BCUT2D eigenvalue weighted by Gasteiger charge is 2.42. The number of hydrogen-bond acceptors (Lipinski definition) is 4. The predicted molar refractivity (Wildman–Crippen MR) is 74.9 cm³/mol. The van der Waals surface area contributed by atoms with Gasteiger partial charge < -0.3 is 15.1 Å². The third kappa shape index (κ3) is 2.38. The Morgan fingerprint density at radius 2 is 2.20 bits per heavy atom. The van der Waals surface area contributed by atoms with Gasteiger partial charge in [0.15, 0.2) is 0 Å². The van der Waals surface area contributed by atoms with Gasteiger partial charge in [-0.3, -0.25) is 0 Å². The van der Waals surface area contributed by atoms with E-state index in [2.05, 4.69) is 9.88 Å². The Labute approximate surface area is 118 Å². The lowest BCUT2D eigenvalue weighted by atomic mass is 9.71. The van der Waals surface area contributed by atoms with Crippen LogP contribution in [0.4, 0.5) is 5.82 Å². The van der Waals surface area contributed by atoms with Crippen LogP contribution >= 0.6 is 0 Å². The van der Waals surface area contributed by atoms with Crippen LogP contribution in [0.15, 0.2) is 18.3 Å². The maximum atomic E-state index is 10.8. The molecule has 0 spiro atoms. The van der Waals surface area contributed by atoms with Crippen LogP contribution in [0, 0.1) is 5.92 Å². The first-order chi connectivity index (χ1) is 9.58. The minimum atomic E-state index is -0.954. The van der Waals surface area contributed by atoms with Crippen molar-refractivity contribution >= 4 is 11.8 Å². The number of aliphatic hydroxyl groups is 1. The van der Waals surface area contributed by atoms with Crippen molar-refractivity contribution in [1.82, 2.24) is 4.98 Å². The zero-order valence-electron chi connectivity index (χ0n) is 11.5. The molecule has 3 rings (SSSR count).